The molecule has 1 aliphatic rings. The predicted octanol–water partition coefficient (Wildman–Crippen LogP) is 3.52. The van der Waals surface area contributed by atoms with Crippen LogP contribution in [-0.2, 0) is 4.74 Å². The van der Waals surface area contributed by atoms with E-state index < -0.39 is 0 Å². The maximum atomic E-state index is 5.79. The number of hydrogen-bond donors (Lipinski definition) is 2. The van der Waals surface area contributed by atoms with Crippen molar-refractivity contribution < 1.29 is 4.74 Å². The molecule has 0 spiro atoms. The number of halogens is 1. The highest BCUT2D eigenvalue weighted by molar-refractivity contribution is 14.0. The molecule has 0 amide bonds. The number of guanidine groups is 1. The average Bonchev–Trinajstić information content (AvgIpc) is 2.95. The topological polar surface area (TPSA) is 45.7 Å². The van der Waals surface area contributed by atoms with E-state index in [1.54, 1.807) is 0 Å². The lowest BCUT2D eigenvalue weighted by atomic mass is 10.0. The van der Waals surface area contributed by atoms with Crippen molar-refractivity contribution in [2.24, 2.45) is 4.99 Å². The van der Waals surface area contributed by atoms with Gasteiger partial charge in [-0.3, -0.25) is 4.99 Å². The van der Waals surface area contributed by atoms with Crippen LogP contribution in [0.15, 0.2) is 40.2 Å². The summed E-state index contributed by atoms with van der Waals surface area (Å²) >= 11 is 1.87. The molecule has 2 N–H and O–H groups in total. The number of thioether (sulfide) groups is 1. The number of rotatable bonds is 6. The van der Waals surface area contributed by atoms with Gasteiger partial charge in [-0.15, -0.1) is 35.7 Å². The SMILES string of the molecule is CN=C(NCC(C)Sc1ccccc1)NCC1(C)CCCO1.I. The molecule has 1 fully saturated rings. The molecule has 1 saturated heterocycles. The van der Waals surface area contributed by atoms with Gasteiger partial charge in [0.15, 0.2) is 5.96 Å². The second-order valence-electron chi connectivity index (χ2n) is 5.95. The molecule has 1 heterocycles. The van der Waals surface area contributed by atoms with Crippen molar-refractivity contribution in [3.05, 3.63) is 30.3 Å². The fourth-order valence-corrected chi connectivity index (χ4v) is 3.43. The predicted molar refractivity (Wildman–Crippen MR) is 110 cm³/mol. The molecule has 4 nitrogen and oxygen atoms in total. The van der Waals surface area contributed by atoms with E-state index in [-0.39, 0.29) is 29.6 Å². The van der Waals surface area contributed by atoms with Gasteiger partial charge < -0.3 is 15.4 Å². The molecule has 0 bridgehead atoms. The highest BCUT2D eigenvalue weighted by Crippen LogP contribution is 2.24. The van der Waals surface area contributed by atoms with E-state index in [9.17, 15) is 0 Å². The molecule has 2 atom stereocenters. The largest absolute Gasteiger partial charge is 0.373 e. The Labute approximate surface area is 161 Å². The summed E-state index contributed by atoms with van der Waals surface area (Å²) in [5.74, 6) is 0.845. The molecule has 1 aromatic rings. The van der Waals surface area contributed by atoms with Crippen LogP contribution in [0.5, 0.6) is 0 Å². The van der Waals surface area contributed by atoms with Crippen LogP contribution in [0.4, 0.5) is 0 Å². The Morgan fingerprint density at radius 2 is 2.09 bits per heavy atom. The summed E-state index contributed by atoms with van der Waals surface area (Å²) < 4.78 is 5.79. The zero-order valence-corrected chi connectivity index (χ0v) is 17.3. The highest BCUT2D eigenvalue weighted by atomic mass is 127. The van der Waals surface area contributed by atoms with Crippen molar-refractivity contribution in [1.29, 1.82) is 0 Å². The first-order valence-electron chi connectivity index (χ1n) is 7.91. The van der Waals surface area contributed by atoms with Crippen LogP contribution in [0.25, 0.3) is 0 Å². The van der Waals surface area contributed by atoms with Gasteiger partial charge in [-0.1, -0.05) is 25.1 Å². The van der Waals surface area contributed by atoms with Crippen LogP contribution in [-0.4, -0.2) is 43.6 Å². The molecule has 0 aliphatic carbocycles. The molecule has 0 radical (unpaired) electrons. The number of aliphatic imine (C=N–C) groups is 1. The zero-order chi connectivity index (χ0) is 15.8. The second kappa shape index (κ2) is 10.4. The maximum Gasteiger partial charge on any atom is 0.191 e. The number of nitrogens with zero attached hydrogens (tertiary/aromatic N) is 1. The van der Waals surface area contributed by atoms with Gasteiger partial charge in [-0.25, -0.2) is 0 Å². The van der Waals surface area contributed by atoms with E-state index in [2.05, 4.69) is 53.7 Å². The van der Waals surface area contributed by atoms with Gasteiger partial charge in [-0.2, -0.15) is 0 Å². The third-order valence-corrected chi connectivity index (χ3v) is 4.90. The van der Waals surface area contributed by atoms with Crippen LogP contribution in [0.3, 0.4) is 0 Å². The summed E-state index contributed by atoms with van der Waals surface area (Å²) in [6, 6.07) is 10.5. The lowest BCUT2D eigenvalue weighted by Crippen LogP contribution is -2.46. The molecule has 2 unspecified atom stereocenters. The molecule has 2 rings (SSSR count). The molecule has 6 heteroatoms. The van der Waals surface area contributed by atoms with Gasteiger partial charge in [0.25, 0.3) is 0 Å². The Kier molecular flexibility index (Phi) is 9.31. The minimum absolute atomic E-state index is 0. The minimum Gasteiger partial charge on any atom is -0.373 e. The van der Waals surface area contributed by atoms with Gasteiger partial charge in [0, 0.05) is 36.9 Å². The smallest absolute Gasteiger partial charge is 0.191 e. The molecule has 1 aliphatic heterocycles. The first kappa shape index (κ1) is 20.6. The van der Waals surface area contributed by atoms with Crippen molar-refractivity contribution in [3.63, 3.8) is 0 Å². The van der Waals surface area contributed by atoms with Gasteiger partial charge >= 0.3 is 0 Å². The van der Waals surface area contributed by atoms with Crippen LogP contribution in [0.1, 0.15) is 26.7 Å². The molecular formula is C17H28IN3OS. The van der Waals surface area contributed by atoms with Crippen molar-refractivity contribution in [1.82, 2.24) is 10.6 Å². The first-order chi connectivity index (χ1) is 10.6. The maximum absolute atomic E-state index is 5.79. The zero-order valence-electron chi connectivity index (χ0n) is 14.2. The van der Waals surface area contributed by atoms with Crippen molar-refractivity contribution >= 4 is 41.7 Å². The number of ether oxygens (including phenoxy) is 1. The third kappa shape index (κ3) is 7.30. The lowest BCUT2D eigenvalue weighted by Gasteiger charge is -2.25. The summed E-state index contributed by atoms with van der Waals surface area (Å²) in [4.78, 5) is 5.59. The summed E-state index contributed by atoms with van der Waals surface area (Å²) in [5.41, 5.74) is -0.0535. The summed E-state index contributed by atoms with van der Waals surface area (Å²) in [6.07, 6.45) is 2.26. The van der Waals surface area contributed by atoms with Crippen LogP contribution >= 0.6 is 35.7 Å². The molecule has 130 valence electrons. The average molecular weight is 449 g/mol. The van der Waals surface area contributed by atoms with Crippen molar-refractivity contribution in [2.45, 2.75) is 42.4 Å². The van der Waals surface area contributed by atoms with E-state index >= 15 is 0 Å². The van der Waals surface area contributed by atoms with E-state index in [1.807, 2.05) is 24.9 Å². The quantitative estimate of drug-likeness (QED) is 0.302. The molecule has 0 saturated carbocycles. The van der Waals surface area contributed by atoms with E-state index in [4.69, 9.17) is 4.74 Å². The summed E-state index contributed by atoms with van der Waals surface area (Å²) in [7, 11) is 1.81. The van der Waals surface area contributed by atoms with Crippen LogP contribution in [0, 0.1) is 0 Å². The van der Waals surface area contributed by atoms with Crippen molar-refractivity contribution in [3.8, 4) is 0 Å². The van der Waals surface area contributed by atoms with E-state index in [0.717, 1.165) is 38.5 Å². The van der Waals surface area contributed by atoms with E-state index in [1.165, 1.54) is 4.90 Å². The lowest BCUT2D eigenvalue weighted by molar-refractivity contribution is 0.0243. The van der Waals surface area contributed by atoms with Gasteiger partial charge in [0.1, 0.15) is 0 Å². The molecule has 23 heavy (non-hydrogen) atoms. The standard InChI is InChI=1S/C17H27N3OS.HI/c1-14(22-15-8-5-4-6-9-15)12-19-16(18-3)20-13-17(2)10-7-11-21-17;/h4-6,8-9,14H,7,10-13H2,1-3H3,(H2,18,19,20);1H. The normalized spacial score (nSPS) is 22.3. The molecular weight excluding hydrogens is 421 g/mol. The Hall–Kier alpha value is -0.470. The van der Waals surface area contributed by atoms with Crippen molar-refractivity contribution in [2.75, 3.05) is 26.7 Å². The Balaban J connectivity index is 0.00000264. The molecule has 1 aromatic carbocycles. The number of benzene rings is 1. The third-order valence-electron chi connectivity index (χ3n) is 3.79. The first-order valence-corrected chi connectivity index (χ1v) is 8.79. The minimum atomic E-state index is -0.0535. The summed E-state index contributed by atoms with van der Waals surface area (Å²) in [5, 5.41) is 7.24. The fraction of sp³-hybridized carbons (Fsp3) is 0.588. The highest BCUT2D eigenvalue weighted by Gasteiger charge is 2.29. The van der Waals surface area contributed by atoms with Gasteiger partial charge in [-0.05, 0) is 31.9 Å². The second-order valence-corrected chi connectivity index (χ2v) is 7.46. The Bertz CT molecular complexity index is 478. The van der Waals surface area contributed by atoms with Gasteiger partial charge in [0.2, 0.25) is 0 Å². The van der Waals surface area contributed by atoms with Crippen LogP contribution < -0.4 is 10.6 Å². The number of hydrogen-bond acceptors (Lipinski definition) is 3. The summed E-state index contributed by atoms with van der Waals surface area (Å²) in [6.45, 7) is 6.92. The Morgan fingerprint density at radius 1 is 1.35 bits per heavy atom. The van der Waals surface area contributed by atoms with Crippen LogP contribution in [0.2, 0.25) is 0 Å². The Morgan fingerprint density at radius 3 is 2.70 bits per heavy atom. The number of nitrogens with one attached hydrogen (secondary N) is 2. The fourth-order valence-electron chi connectivity index (χ4n) is 2.48. The van der Waals surface area contributed by atoms with E-state index in [0.29, 0.717) is 5.25 Å². The monoisotopic (exact) mass is 449 g/mol. The van der Waals surface area contributed by atoms with Gasteiger partial charge in [0.05, 0.1) is 5.60 Å². The molecule has 0 aromatic heterocycles.